The van der Waals surface area contributed by atoms with E-state index in [1.165, 1.54) is 0 Å². The van der Waals surface area contributed by atoms with Gasteiger partial charge >= 0.3 is 6.18 Å². The van der Waals surface area contributed by atoms with Gasteiger partial charge in [0, 0.05) is 16.3 Å². The van der Waals surface area contributed by atoms with Crippen LogP contribution < -0.4 is 4.72 Å². The van der Waals surface area contributed by atoms with Gasteiger partial charge in [-0.25, -0.2) is 18.4 Å². The molecule has 2 aromatic heterocycles. The van der Waals surface area contributed by atoms with E-state index in [1.807, 2.05) is 10.6 Å². The number of fused-ring (bicyclic) bond motifs is 1. The van der Waals surface area contributed by atoms with Gasteiger partial charge in [-0.1, -0.05) is 6.07 Å². The number of benzene rings is 1. The molecule has 1 aliphatic rings. The lowest BCUT2D eigenvalue weighted by molar-refractivity contribution is -0.147. The minimum absolute atomic E-state index is 0.119. The quantitative estimate of drug-likeness (QED) is 0.532. The van der Waals surface area contributed by atoms with Crippen molar-refractivity contribution >= 4 is 33.6 Å². The third-order valence-electron chi connectivity index (χ3n) is 5.51. The normalized spacial score (nSPS) is 16.0. The molecule has 0 saturated heterocycles. The fourth-order valence-corrected chi connectivity index (χ4v) is 4.92. The Labute approximate surface area is 187 Å². The smallest absolute Gasteiger partial charge is 0.334 e. The van der Waals surface area contributed by atoms with Gasteiger partial charge in [0.1, 0.15) is 22.7 Å². The van der Waals surface area contributed by atoms with Crippen molar-refractivity contribution in [1.29, 1.82) is 5.26 Å². The molecule has 12 heteroatoms. The molecule has 1 aliphatic carbocycles. The first-order valence-electron chi connectivity index (χ1n) is 9.71. The highest BCUT2D eigenvalue weighted by molar-refractivity contribution is 7.89. The standard InChI is InChI=1S/C20H18F3N5O2S2/c1-11(20(21,22)23)27-32(29,30)14-9-25-19(26-10-14)18-16(8-24)15-6-5-13(31)7-17(15)28(18)12-3-2-4-12/h5-7,9-12,27,31H,2-4H2,1H3/t11-/m0/s1. The van der Waals surface area contributed by atoms with Gasteiger partial charge in [0.05, 0.1) is 23.5 Å². The fraction of sp³-hybridized carbons (Fsp3) is 0.350. The molecule has 0 amide bonds. The van der Waals surface area contributed by atoms with Crippen molar-refractivity contribution in [3.63, 3.8) is 0 Å². The second kappa shape index (κ2) is 8.06. The van der Waals surface area contributed by atoms with Crippen molar-refractivity contribution < 1.29 is 21.6 Å². The van der Waals surface area contributed by atoms with Crippen LogP contribution in [0.3, 0.4) is 0 Å². The summed E-state index contributed by atoms with van der Waals surface area (Å²) in [6, 6.07) is 5.45. The second-order valence-corrected chi connectivity index (χ2v) is 9.85. The van der Waals surface area contributed by atoms with Crippen LogP contribution in [-0.2, 0) is 10.0 Å². The molecule has 32 heavy (non-hydrogen) atoms. The summed E-state index contributed by atoms with van der Waals surface area (Å²) in [6.45, 7) is 0.707. The Morgan fingerprint density at radius 1 is 1.28 bits per heavy atom. The topological polar surface area (TPSA) is 101 Å². The minimum Gasteiger partial charge on any atom is -0.334 e. The Morgan fingerprint density at radius 3 is 2.47 bits per heavy atom. The fourth-order valence-electron chi connectivity index (χ4n) is 3.60. The molecule has 1 saturated carbocycles. The first-order chi connectivity index (χ1) is 15.0. The van der Waals surface area contributed by atoms with E-state index in [4.69, 9.17) is 0 Å². The molecular weight excluding hydrogens is 463 g/mol. The molecule has 1 fully saturated rings. The van der Waals surface area contributed by atoms with Gasteiger partial charge in [-0.3, -0.25) is 0 Å². The van der Waals surface area contributed by atoms with Crippen LogP contribution in [0.25, 0.3) is 22.4 Å². The predicted octanol–water partition coefficient (Wildman–Crippen LogP) is 4.21. The number of thiol groups is 1. The minimum atomic E-state index is -4.73. The number of rotatable bonds is 5. The van der Waals surface area contributed by atoms with Gasteiger partial charge < -0.3 is 4.57 Å². The summed E-state index contributed by atoms with van der Waals surface area (Å²) in [6.07, 6.45) is 0.0102. The van der Waals surface area contributed by atoms with Crippen LogP contribution in [0.1, 0.15) is 37.8 Å². The number of sulfonamides is 1. The third kappa shape index (κ3) is 3.96. The molecule has 2 heterocycles. The zero-order valence-corrected chi connectivity index (χ0v) is 18.5. The molecule has 168 valence electrons. The number of alkyl halides is 3. The maximum atomic E-state index is 12.8. The predicted molar refractivity (Wildman–Crippen MR) is 114 cm³/mol. The van der Waals surface area contributed by atoms with E-state index in [1.54, 1.807) is 16.9 Å². The highest BCUT2D eigenvalue weighted by atomic mass is 32.2. The van der Waals surface area contributed by atoms with Crippen molar-refractivity contribution in [2.24, 2.45) is 0 Å². The molecule has 0 bridgehead atoms. The largest absolute Gasteiger partial charge is 0.404 e. The van der Waals surface area contributed by atoms with Crippen LogP contribution in [-0.4, -0.2) is 35.2 Å². The van der Waals surface area contributed by atoms with Crippen LogP contribution >= 0.6 is 12.6 Å². The lowest BCUT2D eigenvalue weighted by atomic mass is 9.92. The Kier molecular flexibility index (Phi) is 5.68. The Bertz CT molecular complexity index is 1320. The first kappa shape index (κ1) is 22.6. The van der Waals surface area contributed by atoms with Crippen LogP contribution in [0.5, 0.6) is 0 Å². The summed E-state index contributed by atoms with van der Waals surface area (Å²) >= 11 is 4.39. The van der Waals surface area contributed by atoms with Crippen molar-refractivity contribution in [2.45, 2.75) is 54.2 Å². The molecule has 1 atom stereocenters. The van der Waals surface area contributed by atoms with E-state index in [-0.39, 0.29) is 11.9 Å². The first-order valence-corrected chi connectivity index (χ1v) is 11.6. The number of nitrogens with zero attached hydrogens (tertiary/aromatic N) is 4. The highest BCUT2D eigenvalue weighted by Gasteiger charge is 2.39. The van der Waals surface area contributed by atoms with Gasteiger partial charge in [0.25, 0.3) is 0 Å². The zero-order valence-electron chi connectivity index (χ0n) is 16.8. The Hall–Kier alpha value is -2.62. The monoisotopic (exact) mass is 481 g/mol. The van der Waals surface area contributed by atoms with E-state index in [9.17, 15) is 26.9 Å². The average molecular weight is 482 g/mol. The number of hydrogen-bond donors (Lipinski definition) is 2. The van der Waals surface area contributed by atoms with Gasteiger partial charge in [0.15, 0.2) is 5.82 Å². The molecule has 7 nitrogen and oxygen atoms in total. The van der Waals surface area contributed by atoms with Crippen molar-refractivity contribution in [2.75, 3.05) is 0 Å². The lowest BCUT2D eigenvalue weighted by Gasteiger charge is -2.29. The molecule has 0 radical (unpaired) electrons. The van der Waals surface area contributed by atoms with E-state index in [0.29, 0.717) is 23.6 Å². The highest BCUT2D eigenvalue weighted by Crippen LogP contribution is 2.42. The van der Waals surface area contributed by atoms with Crippen LogP contribution in [0, 0.1) is 11.3 Å². The van der Waals surface area contributed by atoms with E-state index in [0.717, 1.165) is 42.1 Å². The number of nitrogens with one attached hydrogen (secondary N) is 1. The number of hydrogen-bond acceptors (Lipinski definition) is 6. The Balaban J connectivity index is 1.80. The third-order valence-corrected chi connectivity index (χ3v) is 7.29. The van der Waals surface area contributed by atoms with Crippen molar-refractivity contribution in [3.8, 4) is 17.6 Å². The summed E-state index contributed by atoms with van der Waals surface area (Å²) in [5.41, 5.74) is 1.60. The molecule has 4 rings (SSSR count). The molecule has 0 spiro atoms. The molecule has 1 aromatic carbocycles. The van der Waals surface area contributed by atoms with E-state index in [2.05, 4.69) is 28.7 Å². The van der Waals surface area contributed by atoms with Gasteiger partial charge in [0.2, 0.25) is 10.0 Å². The summed E-state index contributed by atoms with van der Waals surface area (Å²) in [7, 11) is -4.48. The van der Waals surface area contributed by atoms with Gasteiger partial charge in [-0.05, 0) is 38.3 Å². The number of nitriles is 1. The van der Waals surface area contributed by atoms with Crippen LogP contribution in [0.4, 0.5) is 13.2 Å². The van der Waals surface area contributed by atoms with Gasteiger partial charge in [-0.2, -0.15) is 23.2 Å². The molecule has 0 unspecified atom stereocenters. The Morgan fingerprint density at radius 2 is 1.94 bits per heavy atom. The molecule has 3 aromatic rings. The van der Waals surface area contributed by atoms with Crippen molar-refractivity contribution in [3.05, 3.63) is 36.2 Å². The molecular formula is C20H18F3N5O2S2. The number of aromatic nitrogens is 3. The van der Waals surface area contributed by atoms with Gasteiger partial charge in [-0.15, -0.1) is 12.6 Å². The lowest BCUT2D eigenvalue weighted by Crippen LogP contribution is -2.43. The van der Waals surface area contributed by atoms with E-state index >= 15 is 0 Å². The van der Waals surface area contributed by atoms with E-state index < -0.39 is 27.1 Å². The number of halogens is 3. The maximum Gasteiger partial charge on any atom is 0.404 e. The van der Waals surface area contributed by atoms with Crippen molar-refractivity contribution in [1.82, 2.24) is 19.3 Å². The SMILES string of the molecule is C[C@H](NS(=O)(=O)c1cnc(-c2c(C#N)c3ccc(S)cc3n2C2CCC2)nc1)C(F)(F)F. The molecule has 0 aliphatic heterocycles. The summed E-state index contributed by atoms with van der Waals surface area (Å²) in [5, 5.41) is 10.5. The summed E-state index contributed by atoms with van der Waals surface area (Å²) in [5.74, 6) is 0.119. The summed E-state index contributed by atoms with van der Waals surface area (Å²) < 4.78 is 66.4. The second-order valence-electron chi connectivity index (χ2n) is 7.62. The maximum absolute atomic E-state index is 12.8. The van der Waals surface area contributed by atoms with Crippen LogP contribution in [0.15, 0.2) is 40.4 Å². The van der Waals surface area contributed by atoms with Crippen LogP contribution in [0.2, 0.25) is 0 Å². The molecule has 1 N–H and O–H groups in total. The zero-order chi connectivity index (χ0) is 23.3. The average Bonchev–Trinajstić information content (AvgIpc) is 2.99. The summed E-state index contributed by atoms with van der Waals surface area (Å²) in [4.78, 5) is 8.44.